The topological polar surface area (TPSA) is 69.0 Å². The third-order valence-corrected chi connectivity index (χ3v) is 8.21. The van der Waals surface area contributed by atoms with Crippen LogP contribution in [0.4, 0.5) is 5.82 Å². The van der Waals surface area contributed by atoms with Crippen molar-refractivity contribution in [2.24, 2.45) is 0 Å². The Kier molecular flexibility index (Phi) is 4.74. The summed E-state index contributed by atoms with van der Waals surface area (Å²) in [5.41, 5.74) is 4.12. The molecule has 166 valence electrons. The first kappa shape index (κ1) is 20.4. The van der Waals surface area contributed by atoms with Crippen LogP contribution in [0.3, 0.4) is 0 Å². The van der Waals surface area contributed by atoms with Crippen LogP contribution < -0.4 is 10.1 Å². The molecule has 33 heavy (non-hydrogen) atoms. The van der Waals surface area contributed by atoms with Gasteiger partial charge in [0, 0.05) is 27.5 Å². The summed E-state index contributed by atoms with van der Waals surface area (Å²) in [5, 5.41) is 9.89. The van der Waals surface area contributed by atoms with E-state index in [0.29, 0.717) is 13.0 Å². The molecule has 1 unspecified atom stereocenters. The van der Waals surface area contributed by atoms with Crippen molar-refractivity contribution in [3.05, 3.63) is 64.2 Å². The quantitative estimate of drug-likeness (QED) is 0.337. The lowest BCUT2D eigenvalue weighted by molar-refractivity contribution is -0.116. The minimum Gasteiger partial charge on any atom is -0.494 e. The fourth-order valence-electron chi connectivity index (χ4n) is 4.79. The number of nitrogens with one attached hydrogen (secondary N) is 1. The lowest BCUT2D eigenvalue weighted by atomic mass is 9.84. The zero-order valence-corrected chi connectivity index (χ0v) is 20.1. The molecule has 1 atom stereocenters. The predicted octanol–water partition coefficient (Wildman–Crippen LogP) is 6.19. The van der Waals surface area contributed by atoms with Crippen LogP contribution >= 0.6 is 22.7 Å². The molecule has 0 saturated carbocycles. The van der Waals surface area contributed by atoms with E-state index in [2.05, 4.69) is 36.5 Å². The summed E-state index contributed by atoms with van der Waals surface area (Å²) in [5.74, 6) is 1.53. The van der Waals surface area contributed by atoms with Crippen molar-refractivity contribution in [1.29, 1.82) is 0 Å². The van der Waals surface area contributed by atoms with Gasteiger partial charge < -0.3 is 10.1 Å². The number of amides is 1. The number of hydrogen-bond donors (Lipinski definition) is 1. The number of fused-ring (bicyclic) bond motifs is 3. The van der Waals surface area contributed by atoms with Crippen LogP contribution in [0.2, 0.25) is 0 Å². The first-order valence-corrected chi connectivity index (χ1v) is 12.6. The van der Waals surface area contributed by atoms with Gasteiger partial charge in [-0.3, -0.25) is 4.79 Å². The van der Waals surface area contributed by atoms with Gasteiger partial charge in [-0.1, -0.05) is 29.5 Å². The van der Waals surface area contributed by atoms with Crippen molar-refractivity contribution in [2.45, 2.75) is 33.1 Å². The largest absolute Gasteiger partial charge is 0.494 e. The first-order chi connectivity index (χ1) is 16.0. The summed E-state index contributed by atoms with van der Waals surface area (Å²) < 4.78 is 9.71. The van der Waals surface area contributed by atoms with Gasteiger partial charge in [0.2, 0.25) is 11.0 Å². The average molecular weight is 475 g/mol. The maximum atomic E-state index is 12.9. The van der Waals surface area contributed by atoms with Crippen molar-refractivity contribution >= 4 is 54.7 Å². The van der Waals surface area contributed by atoms with Gasteiger partial charge in [0.15, 0.2) is 0 Å². The molecular formula is C25H22N4O2S2. The van der Waals surface area contributed by atoms with Crippen LogP contribution in [0.1, 0.15) is 41.0 Å². The molecule has 6 rings (SSSR count). The Morgan fingerprint density at radius 3 is 2.82 bits per heavy atom. The van der Waals surface area contributed by atoms with E-state index in [9.17, 15) is 4.79 Å². The summed E-state index contributed by atoms with van der Waals surface area (Å²) in [6.45, 7) is 6.76. The van der Waals surface area contributed by atoms with Crippen molar-refractivity contribution < 1.29 is 9.53 Å². The van der Waals surface area contributed by atoms with Crippen molar-refractivity contribution in [3.63, 3.8) is 0 Å². The highest BCUT2D eigenvalue weighted by atomic mass is 32.1. The van der Waals surface area contributed by atoms with Crippen LogP contribution in [-0.4, -0.2) is 27.3 Å². The van der Waals surface area contributed by atoms with E-state index in [-0.39, 0.29) is 11.8 Å². The van der Waals surface area contributed by atoms with Crippen molar-refractivity contribution in [1.82, 2.24) is 14.8 Å². The van der Waals surface area contributed by atoms with E-state index >= 15 is 0 Å². The molecule has 1 aliphatic rings. The molecule has 3 aromatic heterocycles. The third-order valence-electron chi connectivity index (χ3n) is 6.11. The van der Waals surface area contributed by atoms with Crippen LogP contribution in [0.15, 0.2) is 42.5 Å². The maximum absolute atomic E-state index is 12.9. The number of ether oxygens (including phenoxy) is 1. The van der Waals surface area contributed by atoms with Crippen molar-refractivity contribution in [3.8, 4) is 10.9 Å². The fraction of sp³-hybridized carbons (Fsp3) is 0.240. The zero-order valence-electron chi connectivity index (χ0n) is 18.5. The van der Waals surface area contributed by atoms with E-state index in [1.54, 1.807) is 27.4 Å². The van der Waals surface area contributed by atoms with Gasteiger partial charge in [-0.05, 0) is 56.0 Å². The fourth-order valence-corrected chi connectivity index (χ4v) is 6.87. The molecule has 0 radical (unpaired) electrons. The molecule has 5 aromatic rings. The Morgan fingerprint density at radius 2 is 1.97 bits per heavy atom. The van der Waals surface area contributed by atoms with Gasteiger partial charge in [-0.25, -0.2) is 4.98 Å². The normalized spacial score (nSPS) is 15.7. The number of rotatable bonds is 4. The number of benzene rings is 2. The number of thiazole rings is 1. The Morgan fingerprint density at radius 1 is 1.12 bits per heavy atom. The molecule has 1 amide bonds. The number of nitrogens with zero attached hydrogens (tertiary/aromatic N) is 3. The van der Waals surface area contributed by atoms with Gasteiger partial charge >= 0.3 is 0 Å². The highest BCUT2D eigenvalue weighted by Crippen LogP contribution is 2.46. The van der Waals surface area contributed by atoms with Crippen LogP contribution in [0.25, 0.3) is 25.4 Å². The molecule has 1 aliphatic heterocycles. The molecule has 0 bridgehead atoms. The van der Waals surface area contributed by atoms with Crippen molar-refractivity contribution in [2.75, 3.05) is 11.9 Å². The number of carbonyl (C=O) groups is 1. The second-order valence-corrected chi connectivity index (χ2v) is 10.5. The summed E-state index contributed by atoms with van der Waals surface area (Å²) in [6, 6.07) is 14.3. The zero-order chi connectivity index (χ0) is 22.7. The van der Waals surface area contributed by atoms with Gasteiger partial charge in [-0.2, -0.15) is 9.78 Å². The molecule has 6 nitrogen and oxygen atoms in total. The molecule has 1 N–H and O–H groups in total. The molecule has 0 fully saturated rings. The van der Waals surface area contributed by atoms with Crippen LogP contribution in [-0.2, 0) is 4.79 Å². The van der Waals surface area contributed by atoms with Gasteiger partial charge in [0.1, 0.15) is 11.6 Å². The van der Waals surface area contributed by atoms with Gasteiger partial charge in [0.05, 0.1) is 22.5 Å². The second-order valence-electron chi connectivity index (χ2n) is 8.19. The Balaban J connectivity index is 1.51. The summed E-state index contributed by atoms with van der Waals surface area (Å²) >= 11 is 3.33. The number of aromatic nitrogens is 3. The lowest BCUT2D eigenvalue weighted by Gasteiger charge is -2.24. The number of aryl methyl sites for hydroxylation is 2. The second kappa shape index (κ2) is 7.67. The first-order valence-electron chi connectivity index (χ1n) is 10.9. The summed E-state index contributed by atoms with van der Waals surface area (Å²) in [6.07, 6.45) is 0.415. The smallest absolute Gasteiger partial charge is 0.226 e. The van der Waals surface area contributed by atoms with E-state index in [4.69, 9.17) is 14.8 Å². The molecule has 0 saturated heterocycles. The van der Waals surface area contributed by atoms with Gasteiger partial charge in [0.25, 0.3) is 0 Å². The van der Waals surface area contributed by atoms with E-state index in [0.717, 1.165) is 38.2 Å². The molecular weight excluding hydrogens is 452 g/mol. The number of anilines is 1. The van der Waals surface area contributed by atoms with Crippen LogP contribution in [0.5, 0.6) is 5.75 Å². The summed E-state index contributed by atoms with van der Waals surface area (Å²) in [4.78, 5) is 18.9. The Labute approximate surface area is 198 Å². The van der Waals surface area contributed by atoms with Crippen LogP contribution in [0, 0.1) is 13.8 Å². The minimum absolute atomic E-state index is 0.00285. The van der Waals surface area contributed by atoms with E-state index in [1.165, 1.54) is 20.5 Å². The van der Waals surface area contributed by atoms with Gasteiger partial charge in [-0.15, -0.1) is 11.3 Å². The number of carbonyl (C=O) groups excluding carboxylic acids is 1. The number of hydrogen-bond acceptors (Lipinski definition) is 6. The maximum Gasteiger partial charge on any atom is 0.226 e. The monoisotopic (exact) mass is 474 g/mol. The Hall–Kier alpha value is -3.23. The standard InChI is InChI=1S/C25H22N4O2S2/c1-4-31-15-9-10-18-20(11-15)33-25(26-18)29-24-22(13(2)28-29)17(12-21(30)27-24)23-14(3)32-19-8-6-5-7-16(19)23/h5-11,17H,4,12H2,1-3H3,(H,27,30). The highest BCUT2D eigenvalue weighted by Gasteiger charge is 2.35. The predicted molar refractivity (Wildman–Crippen MR) is 134 cm³/mol. The minimum atomic E-state index is -0.0300. The molecule has 0 aliphatic carbocycles. The van der Waals surface area contributed by atoms with E-state index < -0.39 is 0 Å². The molecule has 8 heteroatoms. The highest BCUT2D eigenvalue weighted by molar-refractivity contribution is 7.20. The molecule has 2 aromatic carbocycles. The molecule has 0 spiro atoms. The third kappa shape index (κ3) is 3.24. The summed E-state index contributed by atoms with van der Waals surface area (Å²) in [7, 11) is 0. The molecule has 4 heterocycles. The SMILES string of the molecule is CCOc1ccc2nc(-n3nc(C)c4c3NC(=O)CC4c3c(C)sc4ccccc34)sc2c1. The van der Waals surface area contributed by atoms with E-state index in [1.807, 2.05) is 32.0 Å². The Bertz CT molecular complexity index is 1550. The average Bonchev–Trinajstić information content (AvgIpc) is 3.45. The number of thiophene rings is 1. The lowest BCUT2D eigenvalue weighted by Crippen LogP contribution is -2.25.